The van der Waals surface area contributed by atoms with Gasteiger partial charge in [-0.3, -0.25) is 13.9 Å². The molecule has 40 heavy (non-hydrogen) atoms. The standard InChI is InChI=1S/C30H35Cl2N3O4S/c1-20(2)17-33-30(37)23(5)34(18-24-11-12-25(31)16-28(24)32)29(36)19-35(26-14-21(3)13-22(4)15-26)40(38,39)27-9-7-6-8-10-27/h6-16,20,23H,17-19H2,1-5H3,(H,33,37). The van der Waals surface area contributed by atoms with E-state index in [1.165, 1.54) is 17.0 Å². The fourth-order valence-electron chi connectivity index (χ4n) is 4.21. The lowest BCUT2D eigenvalue weighted by Crippen LogP contribution is -2.51. The zero-order valence-corrected chi connectivity index (χ0v) is 25.6. The predicted molar refractivity (Wildman–Crippen MR) is 161 cm³/mol. The van der Waals surface area contributed by atoms with E-state index in [1.807, 2.05) is 33.8 Å². The molecule has 7 nitrogen and oxygen atoms in total. The highest BCUT2D eigenvalue weighted by Gasteiger charge is 2.33. The third kappa shape index (κ3) is 7.99. The van der Waals surface area contributed by atoms with Gasteiger partial charge in [0.1, 0.15) is 12.6 Å². The fourth-order valence-corrected chi connectivity index (χ4v) is 6.10. The first-order valence-electron chi connectivity index (χ1n) is 13.0. The topological polar surface area (TPSA) is 86.8 Å². The van der Waals surface area contributed by atoms with Crippen molar-refractivity contribution in [1.29, 1.82) is 0 Å². The van der Waals surface area contributed by atoms with Crippen molar-refractivity contribution in [2.75, 3.05) is 17.4 Å². The number of aryl methyl sites for hydroxylation is 2. The Morgan fingerprint density at radius 2 is 1.52 bits per heavy atom. The van der Waals surface area contributed by atoms with E-state index in [-0.39, 0.29) is 23.3 Å². The number of sulfonamides is 1. The average molecular weight is 605 g/mol. The van der Waals surface area contributed by atoms with Gasteiger partial charge in [0.05, 0.1) is 10.6 Å². The molecule has 1 unspecified atom stereocenters. The maximum Gasteiger partial charge on any atom is 0.264 e. The molecule has 0 spiro atoms. The van der Waals surface area contributed by atoms with E-state index >= 15 is 0 Å². The Bertz CT molecular complexity index is 1440. The quantitative estimate of drug-likeness (QED) is 0.291. The van der Waals surface area contributed by atoms with Gasteiger partial charge in [0.15, 0.2) is 0 Å². The molecule has 0 aliphatic rings. The molecule has 2 amide bonds. The maximum atomic E-state index is 14.0. The van der Waals surface area contributed by atoms with Gasteiger partial charge in [-0.25, -0.2) is 8.42 Å². The van der Waals surface area contributed by atoms with Crippen LogP contribution in [0.25, 0.3) is 0 Å². The minimum atomic E-state index is -4.13. The van der Waals surface area contributed by atoms with Crippen molar-refractivity contribution in [2.24, 2.45) is 5.92 Å². The Hall–Kier alpha value is -3.07. The number of carbonyl (C=O) groups is 2. The highest BCUT2D eigenvalue weighted by atomic mass is 35.5. The van der Waals surface area contributed by atoms with Crippen molar-refractivity contribution >= 4 is 50.7 Å². The molecule has 1 atom stereocenters. The second-order valence-corrected chi connectivity index (χ2v) is 12.9. The summed E-state index contributed by atoms with van der Waals surface area (Å²) in [7, 11) is -4.13. The predicted octanol–water partition coefficient (Wildman–Crippen LogP) is 6.00. The highest BCUT2D eigenvalue weighted by molar-refractivity contribution is 7.92. The van der Waals surface area contributed by atoms with Crippen LogP contribution in [0.4, 0.5) is 5.69 Å². The third-order valence-corrected chi connectivity index (χ3v) is 8.69. The van der Waals surface area contributed by atoms with Gasteiger partial charge in [-0.1, -0.05) is 67.4 Å². The van der Waals surface area contributed by atoms with Gasteiger partial charge in [0.2, 0.25) is 11.8 Å². The number of halogens is 2. The normalized spacial score (nSPS) is 12.2. The van der Waals surface area contributed by atoms with Crippen molar-refractivity contribution in [2.45, 2.75) is 52.1 Å². The highest BCUT2D eigenvalue weighted by Crippen LogP contribution is 2.28. The van der Waals surface area contributed by atoms with E-state index in [0.717, 1.165) is 15.4 Å². The van der Waals surface area contributed by atoms with E-state index in [1.54, 1.807) is 55.5 Å². The lowest BCUT2D eigenvalue weighted by atomic mass is 10.1. The lowest BCUT2D eigenvalue weighted by molar-refractivity contribution is -0.139. The molecule has 3 aromatic rings. The molecule has 0 aromatic heterocycles. The minimum absolute atomic E-state index is 0.0167. The molecule has 0 saturated heterocycles. The number of hydrogen-bond donors (Lipinski definition) is 1. The zero-order chi connectivity index (χ0) is 29.6. The molecule has 0 radical (unpaired) electrons. The van der Waals surface area contributed by atoms with Gasteiger partial charge in [0, 0.05) is 23.1 Å². The molecule has 3 rings (SSSR count). The summed E-state index contributed by atoms with van der Waals surface area (Å²) in [4.78, 5) is 28.5. The Morgan fingerprint density at radius 1 is 0.900 bits per heavy atom. The van der Waals surface area contributed by atoms with Gasteiger partial charge in [-0.15, -0.1) is 0 Å². The van der Waals surface area contributed by atoms with E-state index in [4.69, 9.17) is 23.2 Å². The number of amides is 2. The Balaban J connectivity index is 2.06. The Morgan fingerprint density at radius 3 is 2.10 bits per heavy atom. The number of benzene rings is 3. The third-order valence-electron chi connectivity index (χ3n) is 6.31. The summed E-state index contributed by atoms with van der Waals surface area (Å²) < 4.78 is 28.9. The number of nitrogens with one attached hydrogen (secondary N) is 1. The van der Waals surface area contributed by atoms with Gasteiger partial charge < -0.3 is 10.2 Å². The van der Waals surface area contributed by atoms with Gasteiger partial charge >= 0.3 is 0 Å². The molecule has 214 valence electrons. The van der Waals surface area contributed by atoms with Gasteiger partial charge in [-0.2, -0.15) is 0 Å². The number of carbonyl (C=O) groups excluding carboxylic acids is 2. The minimum Gasteiger partial charge on any atom is -0.354 e. The van der Waals surface area contributed by atoms with Crippen LogP contribution in [-0.4, -0.2) is 44.3 Å². The molecule has 0 heterocycles. The first-order valence-corrected chi connectivity index (χ1v) is 15.2. The summed E-state index contributed by atoms with van der Waals surface area (Å²) in [6.45, 7) is 9.18. The van der Waals surface area contributed by atoms with Crippen molar-refractivity contribution in [3.05, 3.63) is 93.5 Å². The molecule has 1 N–H and O–H groups in total. The number of rotatable bonds is 11. The van der Waals surface area contributed by atoms with Crippen molar-refractivity contribution in [3.63, 3.8) is 0 Å². The smallest absolute Gasteiger partial charge is 0.264 e. The van der Waals surface area contributed by atoms with Crippen LogP contribution in [0, 0.1) is 19.8 Å². The van der Waals surface area contributed by atoms with Crippen molar-refractivity contribution in [1.82, 2.24) is 10.2 Å². The first kappa shape index (κ1) is 31.5. The molecular weight excluding hydrogens is 569 g/mol. The Kier molecular flexibility index (Phi) is 10.6. The van der Waals surface area contributed by atoms with Crippen LogP contribution in [0.15, 0.2) is 71.6 Å². The summed E-state index contributed by atoms with van der Waals surface area (Å²) in [5.74, 6) is -0.699. The van der Waals surface area contributed by atoms with Gasteiger partial charge in [-0.05, 0) is 79.8 Å². The van der Waals surface area contributed by atoms with E-state index in [0.29, 0.717) is 27.8 Å². The summed E-state index contributed by atoms with van der Waals surface area (Å²) in [5.41, 5.74) is 2.63. The van der Waals surface area contributed by atoms with E-state index < -0.39 is 28.5 Å². The molecule has 0 bridgehead atoms. The maximum absolute atomic E-state index is 14.0. The van der Waals surface area contributed by atoms with Crippen LogP contribution >= 0.6 is 23.2 Å². The number of hydrogen-bond acceptors (Lipinski definition) is 4. The largest absolute Gasteiger partial charge is 0.354 e. The first-order chi connectivity index (χ1) is 18.8. The number of nitrogens with zero attached hydrogens (tertiary/aromatic N) is 2. The van der Waals surface area contributed by atoms with Crippen molar-refractivity contribution < 1.29 is 18.0 Å². The summed E-state index contributed by atoms with van der Waals surface area (Å²) in [6, 6.07) is 17.3. The van der Waals surface area contributed by atoms with Crippen LogP contribution in [0.5, 0.6) is 0 Å². The van der Waals surface area contributed by atoms with Crippen LogP contribution in [-0.2, 0) is 26.2 Å². The molecule has 0 fully saturated rings. The Labute approximate surface area is 247 Å². The van der Waals surface area contributed by atoms with Crippen molar-refractivity contribution in [3.8, 4) is 0 Å². The van der Waals surface area contributed by atoms with E-state index in [9.17, 15) is 18.0 Å². The number of anilines is 1. The monoisotopic (exact) mass is 603 g/mol. The molecule has 0 saturated carbocycles. The average Bonchev–Trinajstić information content (AvgIpc) is 2.89. The van der Waals surface area contributed by atoms with Crippen LogP contribution in [0.1, 0.15) is 37.5 Å². The molecular formula is C30H35Cl2N3O4S. The van der Waals surface area contributed by atoms with E-state index in [2.05, 4.69) is 5.32 Å². The fraction of sp³-hybridized carbons (Fsp3) is 0.333. The molecule has 3 aromatic carbocycles. The second-order valence-electron chi connectivity index (χ2n) is 10.2. The van der Waals surface area contributed by atoms with Crippen LogP contribution in [0.2, 0.25) is 10.0 Å². The summed E-state index contributed by atoms with van der Waals surface area (Å²) >= 11 is 12.5. The SMILES string of the molecule is Cc1cc(C)cc(N(CC(=O)N(Cc2ccc(Cl)cc2Cl)C(C)C(=O)NCC(C)C)S(=O)(=O)c2ccccc2)c1. The molecule has 10 heteroatoms. The zero-order valence-electron chi connectivity index (χ0n) is 23.3. The lowest BCUT2D eigenvalue weighted by Gasteiger charge is -2.32. The second kappa shape index (κ2) is 13.5. The van der Waals surface area contributed by atoms with Crippen LogP contribution in [0.3, 0.4) is 0 Å². The molecule has 0 aliphatic heterocycles. The van der Waals surface area contributed by atoms with Gasteiger partial charge in [0.25, 0.3) is 10.0 Å². The summed E-state index contributed by atoms with van der Waals surface area (Å²) in [6.07, 6.45) is 0. The van der Waals surface area contributed by atoms with Crippen LogP contribution < -0.4 is 9.62 Å². The summed E-state index contributed by atoms with van der Waals surface area (Å²) in [5, 5.41) is 3.63. The molecule has 0 aliphatic carbocycles.